The first kappa shape index (κ1) is 28.3. The van der Waals surface area contributed by atoms with Gasteiger partial charge in [-0.05, 0) is 89.8 Å². The maximum Gasteiger partial charge on any atom is 0.127 e. The Morgan fingerprint density at radius 2 is 1.08 bits per heavy atom. The van der Waals surface area contributed by atoms with Crippen molar-refractivity contribution >= 4 is 13.2 Å². The van der Waals surface area contributed by atoms with Crippen molar-refractivity contribution in [3.8, 4) is 28.4 Å². The largest absolute Gasteiger partial charge is 0.497 e. The van der Waals surface area contributed by atoms with Crippen LogP contribution in [0.2, 0.25) is 0 Å². The number of rotatable bonds is 9. The summed E-state index contributed by atoms with van der Waals surface area (Å²) < 4.78 is 18.3. The molecule has 2 fully saturated rings. The Morgan fingerprint density at radius 3 is 1.49 bits per heavy atom. The maximum absolute atomic E-state index is 6.25. The molecule has 3 nitrogen and oxygen atoms in total. The average molecular weight is 525 g/mol. The normalized spacial score (nSPS) is 17.6. The van der Waals surface area contributed by atoms with Gasteiger partial charge in [-0.15, -0.1) is 0 Å². The highest BCUT2D eigenvalue weighted by molar-refractivity contribution is 7.67. The van der Waals surface area contributed by atoms with Gasteiger partial charge in [0, 0.05) is 10.9 Å². The van der Waals surface area contributed by atoms with Crippen molar-refractivity contribution in [2.45, 2.75) is 115 Å². The van der Waals surface area contributed by atoms with Crippen LogP contribution in [-0.2, 0) is 0 Å². The van der Waals surface area contributed by atoms with Crippen LogP contribution in [0.5, 0.6) is 17.2 Å². The van der Waals surface area contributed by atoms with Crippen LogP contribution in [0.3, 0.4) is 0 Å². The van der Waals surface area contributed by atoms with E-state index in [1.165, 1.54) is 91.8 Å². The van der Waals surface area contributed by atoms with Crippen molar-refractivity contribution in [2.75, 3.05) is 21.3 Å². The molecule has 2 aromatic rings. The van der Waals surface area contributed by atoms with Gasteiger partial charge in [0.15, 0.2) is 0 Å². The molecule has 204 valence electrons. The highest BCUT2D eigenvalue weighted by Crippen LogP contribution is 2.59. The van der Waals surface area contributed by atoms with Gasteiger partial charge in [0.1, 0.15) is 17.2 Å². The number of benzene rings is 2. The van der Waals surface area contributed by atoms with Crippen LogP contribution in [0.15, 0.2) is 24.3 Å². The van der Waals surface area contributed by atoms with E-state index in [0.29, 0.717) is 11.8 Å². The molecule has 4 heteroatoms. The molecule has 0 aliphatic heterocycles. The zero-order chi connectivity index (χ0) is 26.5. The molecule has 0 amide bonds. The van der Waals surface area contributed by atoms with E-state index < -0.39 is 7.92 Å². The maximum atomic E-state index is 6.25. The van der Waals surface area contributed by atoms with Gasteiger partial charge in [0.2, 0.25) is 0 Å². The Kier molecular flexibility index (Phi) is 9.84. The SMILES string of the molecule is COc1cc(C(C)C)c(-c2c(OC)ccc(OC)c2P(C2CCCCC2)C2CCCCC2)c(C(C)C)c1. The number of hydrogen-bond donors (Lipinski definition) is 0. The Balaban J connectivity index is 2.07. The molecule has 0 spiro atoms. The Hall–Kier alpha value is -1.73. The van der Waals surface area contributed by atoms with Crippen LogP contribution in [0.4, 0.5) is 0 Å². The topological polar surface area (TPSA) is 27.7 Å². The van der Waals surface area contributed by atoms with E-state index >= 15 is 0 Å². The van der Waals surface area contributed by atoms with E-state index in [2.05, 4.69) is 52.0 Å². The fraction of sp³-hybridized carbons (Fsp3) is 0.636. The van der Waals surface area contributed by atoms with Gasteiger partial charge >= 0.3 is 0 Å². The zero-order valence-corrected chi connectivity index (χ0v) is 25.3. The molecule has 2 saturated carbocycles. The summed E-state index contributed by atoms with van der Waals surface area (Å²) in [7, 11) is 5.09. The molecule has 2 aromatic carbocycles. The average Bonchev–Trinajstić information content (AvgIpc) is 2.93. The third kappa shape index (κ3) is 5.98. The minimum Gasteiger partial charge on any atom is -0.497 e. The lowest BCUT2D eigenvalue weighted by molar-refractivity contribution is 0.406. The molecule has 0 heterocycles. The summed E-state index contributed by atoms with van der Waals surface area (Å²) in [5, 5.41) is 1.48. The van der Waals surface area contributed by atoms with Crippen LogP contribution >= 0.6 is 7.92 Å². The molecule has 0 atom stereocenters. The van der Waals surface area contributed by atoms with E-state index in [1.807, 2.05) is 14.2 Å². The van der Waals surface area contributed by atoms with E-state index in [0.717, 1.165) is 28.6 Å². The zero-order valence-electron chi connectivity index (χ0n) is 24.4. The molecule has 0 radical (unpaired) electrons. The van der Waals surface area contributed by atoms with Crippen molar-refractivity contribution in [2.24, 2.45) is 0 Å². The van der Waals surface area contributed by atoms with Crippen LogP contribution < -0.4 is 19.5 Å². The molecule has 0 bridgehead atoms. The van der Waals surface area contributed by atoms with Crippen molar-refractivity contribution in [1.82, 2.24) is 0 Å². The van der Waals surface area contributed by atoms with Crippen LogP contribution in [0.25, 0.3) is 11.1 Å². The lowest BCUT2D eigenvalue weighted by atomic mass is 9.84. The minimum absolute atomic E-state index is 0.363. The smallest absolute Gasteiger partial charge is 0.127 e. The van der Waals surface area contributed by atoms with Gasteiger partial charge in [-0.1, -0.05) is 74.1 Å². The van der Waals surface area contributed by atoms with E-state index in [9.17, 15) is 0 Å². The van der Waals surface area contributed by atoms with Crippen molar-refractivity contribution in [3.63, 3.8) is 0 Å². The first-order valence-corrected chi connectivity index (χ1v) is 16.1. The van der Waals surface area contributed by atoms with Gasteiger partial charge in [-0.3, -0.25) is 0 Å². The summed E-state index contributed by atoms with van der Waals surface area (Å²) in [5.41, 5.74) is 6.90. The lowest BCUT2D eigenvalue weighted by Crippen LogP contribution is -2.28. The van der Waals surface area contributed by atoms with E-state index in [1.54, 1.807) is 7.11 Å². The van der Waals surface area contributed by atoms with Crippen LogP contribution in [-0.4, -0.2) is 32.6 Å². The number of ether oxygens (including phenoxy) is 3. The molecular weight excluding hydrogens is 475 g/mol. The molecule has 0 saturated heterocycles. The summed E-state index contributed by atoms with van der Waals surface area (Å²) in [6, 6.07) is 8.85. The first-order valence-electron chi connectivity index (χ1n) is 14.7. The lowest BCUT2D eigenvalue weighted by Gasteiger charge is -2.40. The molecule has 2 aliphatic rings. The third-order valence-corrected chi connectivity index (χ3v) is 12.2. The Bertz CT molecular complexity index is 985. The predicted octanol–water partition coefficient (Wildman–Crippen LogP) is 9.40. The van der Waals surface area contributed by atoms with Crippen LogP contribution in [0.1, 0.15) is 115 Å². The van der Waals surface area contributed by atoms with Crippen molar-refractivity contribution in [3.05, 3.63) is 35.4 Å². The summed E-state index contributed by atoms with van der Waals surface area (Å²) in [6.07, 6.45) is 13.7. The summed E-state index contributed by atoms with van der Waals surface area (Å²) in [4.78, 5) is 0. The summed E-state index contributed by atoms with van der Waals surface area (Å²) in [5.74, 6) is 3.73. The van der Waals surface area contributed by atoms with Gasteiger partial charge in [0.05, 0.1) is 21.3 Å². The van der Waals surface area contributed by atoms with Gasteiger partial charge in [0.25, 0.3) is 0 Å². The standard InChI is InChI=1S/C33H49O3P/c1-22(2)27-20-24(34-5)21-28(23(3)4)31(27)32-29(35-6)18-19-30(36-7)33(32)37(25-14-10-8-11-15-25)26-16-12-9-13-17-26/h18-23,25-26H,8-17H2,1-7H3. The Morgan fingerprint density at radius 1 is 0.622 bits per heavy atom. The monoisotopic (exact) mass is 524 g/mol. The second-order valence-corrected chi connectivity index (χ2v) is 14.4. The van der Waals surface area contributed by atoms with Gasteiger partial charge in [-0.25, -0.2) is 0 Å². The Labute approximate surface area is 227 Å². The number of hydrogen-bond acceptors (Lipinski definition) is 3. The van der Waals surface area contributed by atoms with Gasteiger partial charge in [-0.2, -0.15) is 0 Å². The van der Waals surface area contributed by atoms with E-state index in [4.69, 9.17) is 14.2 Å². The fourth-order valence-electron chi connectivity index (χ4n) is 6.74. The third-order valence-electron chi connectivity index (χ3n) is 8.64. The molecular formula is C33H49O3P. The quantitative estimate of drug-likeness (QED) is 0.306. The minimum atomic E-state index is -0.396. The molecule has 0 unspecified atom stereocenters. The second-order valence-electron chi connectivity index (χ2n) is 11.7. The van der Waals surface area contributed by atoms with Gasteiger partial charge < -0.3 is 14.2 Å². The van der Waals surface area contributed by atoms with E-state index in [-0.39, 0.29) is 0 Å². The predicted molar refractivity (Wildman–Crippen MR) is 160 cm³/mol. The molecule has 0 aromatic heterocycles. The molecule has 0 N–H and O–H groups in total. The van der Waals surface area contributed by atoms with Crippen LogP contribution in [0, 0.1) is 0 Å². The second kappa shape index (κ2) is 12.9. The van der Waals surface area contributed by atoms with Crippen molar-refractivity contribution in [1.29, 1.82) is 0 Å². The summed E-state index contributed by atoms with van der Waals surface area (Å²) in [6.45, 7) is 9.22. The fourth-order valence-corrected chi connectivity index (χ4v) is 10.8. The number of methoxy groups -OCH3 is 3. The van der Waals surface area contributed by atoms with Crippen molar-refractivity contribution < 1.29 is 14.2 Å². The molecule has 4 rings (SSSR count). The molecule has 2 aliphatic carbocycles. The molecule has 37 heavy (non-hydrogen) atoms. The highest BCUT2D eigenvalue weighted by atomic mass is 31.1. The summed E-state index contributed by atoms with van der Waals surface area (Å²) >= 11 is 0. The first-order chi connectivity index (χ1) is 17.9. The highest BCUT2D eigenvalue weighted by Gasteiger charge is 2.37.